The Morgan fingerprint density at radius 3 is 1.50 bits per heavy atom. The molecule has 48 heavy (non-hydrogen) atoms. The summed E-state index contributed by atoms with van der Waals surface area (Å²) in [7, 11) is 0. The van der Waals surface area contributed by atoms with Crippen LogP contribution in [0.4, 0.5) is 0 Å². The van der Waals surface area contributed by atoms with Gasteiger partial charge in [0, 0.05) is 6.92 Å². The molecule has 14 N–H and O–H groups in total. The fourth-order valence-electron chi connectivity index (χ4n) is 5.94. The Morgan fingerprint density at radius 2 is 0.958 bits per heavy atom. The van der Waals surface area contributed by atoms with Gasteiger partial charge in [-0.3, -0.25) is 4.79 Å². The number of aliphatic hydroxyl groups is 13. The van der Waals surface area contributed by atoms with Crippen LogP contribution in [0.5, 0.6) is 0 Å². The van der Waals surface area contributed by atoms with Gasteiger partial charge in [0.1, 0.15) is 97.6 Å². The molecule has 0 radical (unpaired) electrons. The van der Waals surface area contributed by atoms with Gasteiger partial charge in [0.05, 0.1) is 26.4 Å². The summed E-state index contributed by atoms with van der Waals surface area (Å²) in [6.45, 7) is -2.41. The molecule has 0 spiro atoms. The topological polar surface area (TPSA) is 357 Å². The van der Waals surface area contributed by atoms with E-state index in [0.717, 1.165) is 6.92 Å². The lowest BCUT2D eigenvalue weighted by atomic mass is 9.94. The first-order valence-corrected chi connectivity index (χ1v) is 15.1. The second-order valence-electron chi connectivity index (χ2n) is 11.9. The van der Waals surface area contributed by atoms with E-state index in [9.17, 15) is 71.2 Å². The Hall–Kier alpha value is -1.33. The lowest BCUT2D eigenvalue weighted by Crippen LogP contribution is -2.70. The monoisotopic (exact) mass is 707 g/mol. The van der Waals surface area contributed by atoms with Gasteiger partial charge in [0.2, 0.25) is 5.91 Å². The van der Waals surface area contributed by atoms with Crippen molar-refractivity contribution in [2.45, 2.75) is 130 Å². The maximum Gasteiger partial charge on any atom is 0.217 e. The van der Waals surface area contributed by atoms with Crippen molar-refractivity contribution in [1.82, 2.24) is 5.32 Å². The van der Waals surface area contributed by atoms with Gasteiger partial charge < -0.3 is 105 Å². The van der Waals surface area contributed by atoms with Crippen LogP contribution in [0.2, 0.25) is 0 Å². The predicted molar refractivity (Wildman–Crippen MR) is 145 cm³/mol. The zero-order valence-corrected chi connectivity index (χ0v) is 25.5. The molecule has 0 unspecified atom stereocenters. The Labute approximate surface area is 272 Å². The van der Waals surface area contributed by atoms with Crippen molar-refractivity contribution in [1.29, 1.82) is 0 Å². The summed E-state index contributed by atoms with van der Waals surface area (Å²) >= 11 is 0. The molecule has 0 aromatic heterocycles. The molecule has 4 fully saturated rings. The molecule has 4 rings (SSSR count). The Kier molecular flexibility index (Phi) is 13.8. The Balaban J connectivity index is 1.61. The van der Waals surface area contributed by atoms with Crippen molar-refractivity contribution in [3.8, 4) is 0 Å². The van der Waals surface area contributed by atoms with Crippen LogP contribution in [0.25, 0.3) is 0 Å². The van der Waals surface area contributed by atoms with Gasteiger partial charge in [-0.05, 0) is 0 Å². The molecule has 0 saturated carbocycles. The van der Waals surface area contributed by atoms with Crippen LogP contribution < -0.4 is 5.32 Å². The van der Waals surface area contributed by atoms with Gasteiger partial charge in [-0.15, -0.1) is 0 Å². The molecule has 1 amide bonds. The third-order valence-corrected chi connectivity index (χ3v) is 8.61. The number of hydrogen-bond acceptors (Lipinski definition) is 21. The summed E-state index contributed by atoms with van der Waals surface area (Å²) in [6.07, 6.45) is -33.8. The lowest BCUT2D eigenvalue weighted by Gasteiger charge is -2.50. The van der Waals surface area contributed by atoms with E-state index in [1.54, 1.807) is 0 Å². The quantitative estimate of drug-likeness (QED) is 0.0947. The minimum atomic E-state index is -2.04. The highest BCUT2D eigenvalue weighted by Crippen LogP contribution is 2.34. The smallest absolute Gasteiger partial charge is 0.217 e. The van der Waals surface area contributed by atoms with Crippen molar-refractivity contribution < 1.29 is 104 Å². The van der Waals surface area contributed by atoms with Gasteiger partial charge in [0.15, 0.2) is 25.2 Å². The maximum atomic E-state index is 12.3. The first-order valence-electron chi connectivity index (χ1n) is 15.1. The highest BCUT2D eigenvalue weighted by atomic mass is 16.8. The first kappa shape index (κ1) is 39.5. The largest absolute Gasteiger partial charge is 0.394 e. The number of carbonyl (C=O) groups excluding carboxylic acids is 1. The molecule has 280 valence electrons. The number of hydrogen-bond donors (Lipinski definition) is 14. The zero-order chi connectivity index (χ0) is 35.6. The van der Waals surface area contributed by atoms with E-state index >= 15 is 0 Å². The molecule has 20 atom stereocenters. The third-order valence-electron chi connectivity index (χ3n) is 8.61. The van der Waals surface area contributed by atoms with Crippen molar-refractivity contribution in [3.63, 3.8) is 0 Å². The number of carbonyl (C=O) groups is 1. The summed E-state index contributed by atoms with van der Waals surface area (Å²) in [6, 6.07) is -1.61. The molecule has 22 heteroatoms. The number of rotatable bonds is 11. The zero-order valence-electron chi connectivity index (χ0n) is 25.5. The van der Waals surface area contributed by atoms with Gasteiger partial charge >= 0.3 is 0 Å². The summed E-state index contributed by atoms with van der Waals surface area (Å²) in [5.41, 5.74) is 0. The Bertz CT molecular complexity index is 1030. The normalized spacial score (nSPS) is 50.2. The third kappa shape index (κ3) is 8.08. The van der Waals surface area contributed by atoms with Gasteiger partial charge in [-0.25, -0.2) is 0 Å². The highest BCUT2D eigenvalue weighted by molar-refractivity contribution is 5.73. The summed E-state index contributed by atoms with van der Waals surface area (Å²) in [5, 5.41) is 136. The molecule has 4 saturated heterocycles. The van der Waals surface area contributed by atoms with E-state index in [2.05, 4.69) is 5.32 Å². The second-order valence-corrected chi connectivity index (χ2v) is 11.9. The van der Waals surface area contributed by atoms with Crippen molar-refractivity contribution in [3.05, 3.63) is 0 Å². The fraction of sp³-hybridized carbons (Fsp3) is 0.962. The van der Waals surface area contributed by atoms with Crippen LogP contribution in [0.3, 0.4) is 0 Å². The summed E-state index contributed by atoms with van der Waals surface area (Å²) in [5.74, 6) is -0.765. The molecule has 4 aliphatic rings. The minimum Gasteiger partial charge on any atom is -0.394 e. The van der Waals surface area contributed by atoms with E-state index in [1.165, 1.54) is 0 Å². The SMILES string of the molecule is CC(=O)N[C@H]1[C@@H](O[C@H]2[C@@H](O)[C@@H](O[C@@H]3[C@@H](O)[C@@H](O)[C@@H](O)O[C@@H]3CO)O[C@H](CO)[C@H]2O)O[C@H](CO)[C@H](O)[C@H]1O[C@H]1O[C@H](CO)[C@@H](O)[C@@H](O)[C@H]1O. The number of nitrogens with one attached hydrogen (secondary N) is 1. The molecule has 0 bridgehead atoms. The molecule has 0 aromatic rings. The lowest BCUT2D eigenvalue weighted by molar-refractivity contribution is -0.379. The molecule has 22 nitrogen and oxygen atoms in total. The summed E-state index contributed by atoms with van der Waals surface area (Å²) < 4.78 is 38.7. The van der Waals surface area contributed by atoms with Crippen molar-refractivity contribution in [2.24, 2.45) is 0 Å². The average Bonchev–Trinajstić information content (AvgIpc) is 3.06. The van der Waals surface area contributed by atoms with Crippen molar-refractivity contribution >= 4 is 5.91 Å². The van der Waals surface area contributed by atoms with E-state index in [4.69, 9.17) is 33.2 Å². The van der Waals surface area contributed by atoms with Crippen LogP contribution >= 0.6 is 0 Å². The first-order chi connectivity index (χ1) is 22.7. The van der Waals surface area contributed by atoms with Crippen LogP contribution in [0, 0.1) is 0 Å². The average molecular weight is 708 g/mol. The van der Waals surface area contributed by atoms with Crippen LogP contribution in [0.1, 0.15) is 6.92 Å². The molecular weight excluding hydrogens is 662 g/mol. The summed E-state index contributed by atoms with van der Waals surface area (Å²) in [4.78, 5) is 12.3. The number of amides is 1. The standard InChI is InChI=1S/C26H45NO21/c1-6(32)27-11-21(47-25-18(39)15(36)12(33)7(2-28)44-25)13(34)8(3-29)43-24(11)48-22-14(35)9(4-30)45-26(19(22)40)46-20-10(5-31)42-23(41)17(38)16(20)37/h7-26,28-31,33-41H,2-5H2,1H3,(H,27,32)/t7-,8-,9-,10-,11-,12-,13+,14-,15-,16+,17-,18-,19-,20+,21+,22-,23+,24-,25-,26-/m1/s1. The van der Waals surface area contributed by atoms with E-state index in [0.29, 0.717) is 0 Å². The van der Waals surface area contributed by atoms with Gasteiger partial charge in [0.25, 0.3) is 0 Å². The molecule has 4 heterocycles. The fourth-order valence-corrected chi connectivity index (χ4v) is 5.94. The van der Waals surface area contributed by atoms with E-state index < -0.39 is 155 Å². The minimum absolute atomic E-state index is 0.765. The predicted octanol–water partition coefficient (Wildman–Crippen LogP) is -9.61. The molecule has 4 aliphatic heterocycles. The number of aliphatic hydroxyl groups excluding tert-OH is 13. The van der Waals surface area contributed by atoms with Gasteiger partial charge in [-0.1, -0.05) is 0 Å². The van der Waals surface area contributed by atoms with Crippen molar-refractivity contribution in [2.75, 3.05) is 26.4 Å². The number of ether oxygens (including phenoxy) is 7. The maximum absolute atomic E-state index is 12.3. The van der Waals surface area contributed by atoms with Gasteiger partial charge in [-0.2, -0.15) is 0 Å². The van der Waals surface area contributed by atoms with Crippen LogP contribution in [0.15, 0.2) is 0 Å². The second kappa shape index (κ2) is 16.8. The van der Waals surface area contributed by atoms with Crippen LogP contribution in [-0.4, -0.2) is 221 Å². The Morgan fingerprint density at radius 1 is 0.500 bits per heavy atom. The molecule has 0 aromatic carbocycles. The van der Waals surface area contributed by atoms with E-state index in [1.807, 2.05) is 0 Å². The highest BCUT2D eigenvalue weighted by Gasteiger charge is 2.55. The molecule has 0 aliphatic carbocycles. The molecular formula is C26H45NO21. The van der Waals surface area contributed by atoms with E-state index in [-0.39, 0.29) is 0 Å². The van der Waals surface area contributed by atoms with Crippen LogP contribution in [-0.2, 0) is 38.0 Å².